The molecule has 1 fully saturated rings. The van der Waals surface area contributed by atoms with E-state index >= 15 is 0 Å². The van der Waals surface area contributed by atoms with Crippen LogP contribution in [-0.2, 0) is 6.54 Å². The highest BCUT2D eigenvalue weighted by atomic mass is 32.2. The van der Waals surface area contributed by atoms with Gasteiger partial charge in [-0.15, -0.1) is 11.8 Å². The number of aliphatic hydroxyl groups excluding tert-OH is 1. The predicted molar refractivity (Wildman–Crippen MR) is 70.0 cm³/mol. The Hall–Kier alpha value is -0.890. The number of hydrogen-bond donors (Lipinski definition) is 3. The summed E-state index contributed by atoms with van der Waals surface area (Å²) in [7, 11) is 1.39. The molecule has 1 aliphatic heterocycles. The van der Waals surface area contributed by atoms with Gasteiger partial charge in [0, 0.05) is 24.4 Å². The van der Waals surface area contributed by atoms with Crippen molar-refractivity contribution >= 4 is 11.8 Å². The lowest BCUT2D eigenvalue weighted by Crippen LogP contribution is -2.43. The second-order valence-corrected chi connectivity index (χ2v) is 5.36. The lowest BCUT2D eigenvalue weighted by atomic mass is 10.1. The molecule has 1 heterocycles. The molecule has 0 amide bonds. The number of thioether (sulfide) groups is 1. The van der Waals surface area contributed by atoms with Gasteiger partial charge in [-0.05, 0) is 12.1 Å². The van der Waals surface area contributed by atoms with E-state index in [0.717, 1.165) is 18.4 Å². The number of halogens is 2. The summed E-state index contributed by atoms with van der Waals surface area (Å²) < 4.78 is 31.9. The summed E-state index contributed by atoms with van der Waals surface area (Å²) in [5.41, 5.74) is 0.0737. The van der Waals surface area contributed by atoms with E-state index in [-0.39, 0.29) is 23.2 Å². The molecule has 0 aromatic heterocycles. The summed E-state index contributed by atoms with van der Waals surface area (Å²) in [5, 5.41) is 15.6. The van der Waals surface area contributed by atoms with E-state index in [4.69, 9.17) is 4.74 Å². The molecule has 3 N–H and O–H groups in total. The molecule has 0 aliphatic carbocycles. The first-order valence-electron chi connectivity index (χ1n) is 5.90. The van der Waals surface area contributed by atoms with Crippen LogP contribution in [0.25, 0.3) is 0 Å². The van der Waals surface area contributed by atoms with Crippen LogP contribution < -0.4 is 15.4 Å². The monoisotopic (exact) mass is 290 g/mol. The van der Waals surface area contributed by atoms with Gasteiger partial charge < -0.3 is 15.2 Å². The number of ether oxygens (including phenoxy) is 1. The van der Waals surface area contributed by atoms with Crippen molar-refractivity contribution < 1.29 is 18.6 Å². The van der Waals surface area contributed by atoms with Crippen molar-refractivity contribution in [1.29, 1.82) is 0 Å². The van der Waals surface area contributed by atoms with Crippen LogP contribution >= 0.6 is 11.8 Å². The fourth-order valence-electron chi connectivity index (χ4n) is 1.89. The first kappa shape index (κ1) is 14.5. The molecule has 2 atom stereocenters. The second kappa shape index (κ2) is 6.51. The maximum atomic E-state index is 13.7. The van der Waals surface area contributed by atoms with Crippen molar-refractivity contribution in [2.75, 3.05) is 19.4 Å². The number of hydrogen-bond acceptors (Lipinski definition) is 5. The molecule has 2 unspecified atom stereocenters. The fourth-order valence-corrected chi connectivity index (χ4v) is 2.90. The average Bonchev–Trinajstić information content (AvgIpc) is 2.94. The van der Waals surface area contributed by atoms with E-state index in [1.54, 1.807) is 11.8 Å². The van der Waals surface area contributed by atoms with Gasteiger partial charge in [0.2, 0.25) is 0 Å². The highest BCUT2D eigenvalue weighted by Crippen LogP contribution is 2.24. The third kappa shape index (κ3) is 3.36. The van der Waals surface area contributed by atoms with Gasteiger partial charge in [-0.1, -0.05) is 0 Å². The zero-order valence-corrected chi connectivity index (χ0v) is 11.3. The van der Waals surface area contributed by atoms with Crippen molar-refractivity contribution in [2.45, 2.75) is 18.1 Å². The molecule has 19 heavy (non-hydrogen) atoms. The molecule has 7 heteroatoms. The summed E-state index contributed by atoms with van der Waals surface area (Å²) in [6, 6.07) is 2.38. The molecule has 2 rings (SSSR count). The van der Waals surface area contributed by atoms with E-state index in [9.17, 15) is 13.9 Å². The Morgan fingerprint density at radius 1 is 1.58 bits per heavy atom. The molecule has 0 spiro atoms. The van der Waals surface area contributed by atoms with Gasteiger partial charge in [-0.25, -0.2) is 8.78 Å². The predicted octanol–water partition coefficient (Wildman–Crippen LogP) is 1.04. The van der Waals surface area contributed by atoms with Crippen LogP contribution in [0.3, 0.4) is 0 Å². The zero-order chi connectivity index (χ0) is 13.8. The van der Waals surface area contributed by atoms with Crippen LogP contribution in [0.1, 0.15) is 5.56 Å². The van der Waals surface area contributed by atoms with E-state index in [2.05, 4.69) is 10.6 Å². The van der Waals surface area contributed by atoms with E-state index in [1.165, 1.54) is 13.2 Å². The Kier molecular flexibility index (Phi) is 4.98. The van der Waals surface area contributed by atoms with Crippen molar-refractivity contribution in [3.63, 3.8) is 0 Å². The first-order valence-corrected chi connectivity index (χ1v) is 6.95. The molecular weight excluding hydrogens is 274 g/mol. The van der Waals surface area contributed by atoms with Crippen molar-refractivity contribution in [3.8, 4) is 5.75 Å². The highest BCUT2D eigenvalue weighted by Gasteiger charge is 2.24. The third-order valence-electron chi connectivity index (χ3n) is 2.89. The normalized spacial score (nSPS) is 20.5. The Labute approximate surface area is 114 Å². The van der Waals surface area contributed by atoms with Gasteiger partial charge in [-0.3, -0.25) is 5.32 Å². The number of nitrogens with one attached hydrogen (secondary N) is 2. The standard InChI is InChI=1S/C12H16F2N2O2S/c1-18-9-3-2-8(13)10(14)7(9)6-16-11(17)12-15-4-5-19-12/h2-3,11-12,15-17H,4-6H2,1H3. The third-order valence-corrected chi connectivity index (χ3v) is 4.12. The number of rotatable bonds is 5. The van der Waals surface area contributed by atoms with Crippen LogP contribution in [0, 0.1) is 11.6 Å². The minimum atomic E-state index is -0.953. The Morgan fingerprint density at radius 3 is 3.00 bits per heavy atom. The van der Waals surface area contributed by atoms with Gasteiger partial charge in [0.1, 0.15) is 12.0 Å². The summed E-state index contributed by atoms with van der Waals surface area (Å²) >= 11 is 1.58. The van der Waals surface area contributed by atoms with Crippen LogP contribution in [-0.4, -0.2) is 36.1 Å². The van der Waals surface area contributed by atoms with E-state index < -0.39 is 17.9 Å². The number of benzene rings is 1. The van der Waals surface area contributed by atoms with Crippen LogP contribution in [0.15, 0.2) is 12.1 Å². The van der Waals surface area contributed by atoms with Crippen LogP contribution in [0.2, 0.25) is 0 Å². The Balaban J connectivity index is 2.03. The van der Waals surface area contributed by atoms with Crippen molar-refractivity contribution in [2.24, 2.45) is 0 Å². The van der Waals surface area contributed by atoms with Crippen molar-refractivity contribution in [3.05, 3.63) is 29.3 Å². The Morgan fingerprint density at radius 2 is 2.37 bits per heavy atom. The van der Waals surface area contributed by atoms with Crippen LogP contribution in [0.4, 0.5) is 8.78 Å². The molecule has 0 radical (unpaired) electrons. The largest absolute Gasteiger partial charge is 0.496 e. The first-order chi connectivity index (χ1) is 9.13. The maximum Gasteiger partial charge on any atom is 0.167 e. The summed E-state index contributed by atoms with van der Waals surface area (Å²) in [5.74, 6) is -0.710. The van der Waals surface area contributed by atoms with Crippen LogP contribution in [0.5, 0.6) is 5.75 Å². The number of methoxy groups -OCH3 is 1. The molecule has 1 aromatic rings. The van der Waals surface area contributed by atoms with Gasteiger partial charge in [0.25, 0.3) is 0 Å². The molecule has 1 aliphatic rings. The summed E-state index contributed by atoms with van der Waals surface area (Å²) in [6.07, 6.45) is -0.833. The number of aliphatic hydroxyl groups is 1. The van der Waals surface area contributed by atoms with Gasteiger partial charge in [-0.2, -0.15) is 0 Å². The minimum Gasteiger partial charge on any atom is -0.496 e. The summed E-state index contributed by atoms with van der Waals surface area (Å²) in [6.45, 7) is 0.818. The summed E-state index contributed by atoms with van der Waals surface area (Å²) in [4.78, 5) is 0. The molecule has 4 nitrogen and oxygen atoms in total. The topological polar surface area (TPSA) is 53.5 Å². The second-order valence-electron chi connectivity index (χ2n) is 4.11. The highest BCUT2D eigenvalue weighted by molar-refractivity contribution is 8.00. The minimum absolute atomic E-state index is 0.00727. The van der Waals surface area contributed by atoms with Gasteiger partial charge in [0.05, 0.1) is 12.5 Å². The molecule has 1 saturated heterocycles. The van der Waals surface area contributed by atoms with Gasteiger partial charge in [0.15, 0.2) is 11.6 Å². The quantitative estimate of drug-likeness (QED) is 0.708. The zero-order valence-electron chi connectivity index (χ0n) is 10.5. The van der Waals surface area contributed by atoms with E-state index in [0.29, 0.717) is 0 Å². The Bertz CT molecular complexity index is 442. The fraction of sp³-hybridized carbons (Fsp3) is 0.500. The van der Waals surface area contributed by atoms with E-state index in [1.807, 2.05) is 0 Å². The maximum absolute atomic E-state index is 13.7. The smallest absolute Gasteiger partial charge is 0.167 e. The average molecular weight is 290 g/mol. The van der Waals surface area contributed by atoms with Gasteiger partial charge >= 0.3 is 0 Å². The van der Waals surface area contributed by atoms with Crippen molar-refractivity contribution in [1.82, 2.24) is 10.6 Å². The SMILES string of the molecule is COc1ccc(F)c(F)c1CNC(O)C1NCCS1. The molecule has 106 valence electrons. The molecule has 0 bridgehead atoms. The molecule has 0 saturated carbocycles. The lowest BCUT2D eigenvalue weighted by molar-refractivity contribution is 0.124. The lowest BCUT2D eigenvalue weighted by Gasteiger charge is -2.20. The molecular formula is C12H16F2N2O2S. The molecule has 1 aromatic carbocycles.